The number of nitrogens with zero attached hydrogens (tertiary/aromatic N) is 4. The van der Waals surface area contributed by atoms with Gasteiger partial charge in [0.1, 0.15) is 5.69 Å². The van der Waals surface area contributed by atoms with Crippen LogP contribution in [0, 0.1) is 11.8 Å². The number of carbonyl (C=O) groups is 1. The lowest BCUT2D eigenvalue weighted by molar-refractivity contribution is -0.127. The van der Waals surface area contributed by atoms with E-state index in [1.54, 1.807) is 10.9 Å². The molecular formula is C18H23N5O2. The molecule has 3 aliphatic heterocycles. The first-order chi connectivity index (χ1) is 12.2. The standard InChI is InChI=1S/C18H23N5O2/c24-12-15-9-23(21-20-15)10-16-8-13-6-7-22(16)11-17(13)18(25)19-14-4-2-1-3-5-14/h1-5,9,13,16-17,24H,6-8,10-12H2,(H,19,25)/t13-,16+,17+/m0/s1. The van der Waals surface area contributed by atoms with Crippen LogP contribution in [0.4, 0.5) is 5.69 Å². The van der Waals surface area contributed by atoms with Crippen molar-refractivity contribution in [3.05, 3.63) is 42.2 Å². The average Bonchev–Trinajstić information content (AvgIpc) is 3.10. The van der Waals surface area contributed by atoms with Gasteiger partial charge in [-0.25, -0.2) is 0 Å². The van der Waals surface area contributed by atoms with Gasteiger partial charge in [-0.15, -0.1) is 5.10 Å². The highest BCUT2D eigenvalue weighted by atomic mass is 16.3. The fourth-order valence-electron chi connectivity index (χ4n) is 4.10. The number of para-hydroxylation sites is 1. The lowest BCUT2D eigenvalue weighted by atomic mass is 9.75. The molecule has 7 nitrogen and oxygen atoms in total. The zero-order valence-electron chi connectivity index (χ0n) is 14.1. The highest BCUT2D eigenvalue weighted by Gasteiger charge is 2.43. The van der Waals surface area contributed by atoms with Gasteiger partial charge >= 0.3 is 0 Å². The number of amides is 1. The summed E-state index contributed by atoms with van der Waals surface area (Å²) in [7, 11) is 0. The van der Waals surface area contributed by atoms with Crippen LogP contribution in [0.3, 0.4) is 0 Å². The van der Waals surface area contributed by atoms with E-state index in [1.807, 2.05) is 30.3 Å². The summed E-state index contributed by atoms with van der Waals surface area (Å²) in [5, 5.41) is 20.2. The Morgan fingerprint density at radius 1 is 1.32 bits per heavy atom. The summed E-state index contributed by atoms with van der Waals surface area (Å²) in [5.41, 5.74) is 1.45. The Bertz CT molecular complexity index is 732. The third-order valence-corrected chi connectivity index (χ3v) is 5.40. The van der Waals surface area contributed by atoms with Crippen molar-refractivity contribution in [2.75, 3.05) is 18.4 Å². The fraction of sp³-hybridized carbons (Fsp3) is 0.500. The van der Waals surface area contributed by atoms with Gasteiger partial charge in [-0.05, 0) is 37.4 Å². The number of aliphatic hydroxyl groups is 1. The lowest BCUT2D eigenvalue weighted by Crippen LogP contribution is -2.57. The number of piperidine rings is 3. The molecule has 1 unspecified atom stereocenters. The SMILES string of the molecule is O=C(Nc1ccccc1)[C@@H]1CN2CC[C@H]1C[C@@H]2Cn1cc(CO)nn1. The number of carbonyl (C=O) groups excluding carboxylic acids is 1. The van der Waals surface area contributed by atoms with Crippen LogP contribution in [-0.4, -0.2) is 50.0 Å². The van der Waals surface area contributed by atoms with E-state index in [-0.39, 0.29) is 18.4 Å². The Morgan fingerprint density at radius 2 is 2.16 bits per heavy atom. The van der Waals surface area contributed by atoms with Crippen LogP contribution in [-0.2, 0) is 17.9 Å². The number of fused-ring (bicyclic) bond motifs is 3. The third kappa shape index (κ3) is 3.43. The summed E-state index contributed by atoms with van der Waals surface area (Å²) in [6, 6.07) is 10.0. The first-order valence-corrected chi connectivity index (χ1v) is 8.83. The summed E-state index contributed by atoms with van der Waals surface area (Å²) in [5.74, 6) is 0.594. The summed E-state index contributed by atoms with van der Waals surface area (Å²) in [6.07, 6.45) is 3.87. The fourth-order valence-corrected chi connectivity index (χ4v) is 4.10. The molecule has 0 saturated carbocycles. The highest BCUT2D eigenvalue weighted by Crippen LogP contribution is 2.37. The van der Waals surface area contributed by atoms with Crippen molar-refractivity contribution in [3.8, 4) is 0 Å². The summed E-state index contributed by atoms with van der Waals surface area (Å²) < 4.78 is 1.80. The molecule has 25 heavy (non-hydrogen) atoms. The topological polar surface area (TPSA) is 83.3 Å². The van der Waals surface area contributed by atoms with Crippen LogP contribution in [0.15, 0.2) is 36.5 Å². The molecule has 4 atom stereocenters. The van der Waals surface area contributed by atoms with Crippen LogP contribution >= 0.6 is 0 Å². The molecule has 3 saturated heterocycles. The molecule has 1 aromatic carbocycles. The molecule has 132 valence electrons. The van der Waals surface area contributed by atoms with E-state index in [0.717, 1.165) is 38.2 Å². The first kappa shape index (κ1) is 16.2. The predicted octanol–water partition coefficient (Wildman–Crippen LogP) is 1.12. The maximum absolute atomic E-state index is 12.7. The normalized spacial score (nSPS) is 28.0. The average molecular weight is 341 g/mol. The van der Waals surface area contributed by atoms with Gasteiger partial charge in [0.05, 0.1) is 25.3 Å². The van der Waals surface area contributed by atoms with Crippen molar-refractivity contribution in [1.82, 2.24) is 19.9 Å². The van der Waals surface area contributed by atoms with E-state index >= 15 is 0 Å². The second-order valence-corrected chi connectivity index (χ2v) is 6.99. The van der Waals surface area contributed by atoms with Crippen molar-refractivity contribution < 1.29 is 9.90 Å². The van der Waals surface area contributed by atoms with Crippen LogP contribution in [0.5, 0.6) is 0 Å². The van der Waals surface area contributed by atoms with E-state index in [0.29, 0.717) is 17.7 Å². The zero-order valence-corrected chi connectivity index (χ0v) is 14.1. The molecule has 3 fully saturated rings. The van der Waals surface area contributed by atoms with E-state index in [9.17, 15) is 4.79 Å². The Morgan fingerprint density at radius 3 is 2.84 bits per heavy atom. The number of rotatable bonds is 5. The molecule has 2 aromatic rings. The number of aromatic nitrogens is 3. The van der Waals surface area contributed by atoms with Gasteiger partial charge in [0.15, 0.2) is 0 Å². The largest absolute Gasteiger partial charge is 0.390 e. The minimum absolute atomic E-state index is 0.0500. The molecule has 2 N–H and O–H groups in total. The zero-order chi connectivity index (χ0) is 17.2. The monoisotopic (exact) mass is 341 g/mol. The van der Waals surface area contributed by atoms with E-state index in [2.05, 4.69) is 20.5 Å². The number of benzene rings is 1. The summed E-state index contributed by atoms with van der Waals surface area (Å²) >= 11 is 0. The number of nitrogens with one attached hydrogen (secondary N) is 1. The van der Waals surface area contributed by atoms with Crippen molar-refractivity contribution in [1.29, 1.82) is 0 Å². The molecule has 0 aliphatic carbocycles. The minimum atomic E-state index is -0.0846. The van der Waals surface area contributed by atoms with Gasteiger partial charge in [0.25, 0.3) is 0 Å². The smallest absolute Gasteiger partial charge is 0.229 e. The molecule has 1 amide bonds. The van der Waals surface area contributed by atoms with Gasteiger partial charge in [-0.3, -0.25) is 14.4 Å². The number of hydrogen-bond donors (Lipinski definition) is 2. The minimum Gasteiger partial charge on any atom is -0.390 e. The third-order valence-electron chi connectivity index (χ3n) is 5.40. The van der Waals surface area contributed by atoms with Crippen molar-refractivity contribution >= 4 is 11.6 Å². The predicted molar refractivity (Wildman–Crippen MR) is 92.6 cm³/mol. The Balaban J connectivity index is 1.38. The summed E-state index contributed by atoms with van der Waals surface area (Å²) in [6.45, 7) is 2.51. The van der Waals surface area contributed by atoms with Gasteiger partial charge < -0.3 is 10.4 Å². The van der Waals surface area contributed by atoms with Crippen molar-refractivity contribution in [2.24, 2.45) is 11.8 Å². The van der Waals surface area contributed by atoms with Crippen LogP contribution < -0.4 is 5.32 Å². The Hall–Kier alpha value is -2.25. The molecule has 2 bridgehead atoms. The number of hydrogen-bond acceptors (Lipinski definition) is 5. The van der Waals surface area contributed by atoms with Crippen molar-refractivity contribution in [2.45, 2.75) is 32.0 Å². The quantitative estimate of drug-likeness (QED) is 0.851. The van der Waals surface area contributed by atoms with E-state index < -0.39 is 0 Å². The van der Waals surface area contributed by atoms with Crippen LogP contribution in [0.25, 0.3) is 0 Å². The van der Waals surface area contributed by atoms with Gasteiger partial charge in [0.2, 0.25) is 5.91 Å². The lowest BCUT2D eigenvalue weighted by Gasteiger charge is -2.49. The van der Waals surface area contributed by atoms with Gasteiger partial charge in [-0.1, -0.05) is 23.4 Å². The van der Waals surface area contributed by atoms with Crippen LogP contribution in [0.1, 0.15) is 18.5 Å². The van der Waals surface area contributed by atoms with Gasteiger partial charge in [0, 0.05) is 18.3 Å². The molecule has 5 rings (SSSR count). The number of aliphatic hydroxyl groups excluding tert-OH is 1. The van der Waals surface area contributed by atoms with Gasteiger partial charge in [-0.2, -0.15) is 0 Å². The summed E-state index contributed by atoms with van der Waals surface area (Å²) in [4.78, 5) is 15.1. The Kier molecular flexibility index (Phi) is 4.50. The van der Waals surface area contributed by atoms with E-state index in [4.69, 9.17) is 5.11 Å². The second kappa shape index (κ2) is 6.93. The second-order valence-electron chi connectivity index (χ2n) is 6.99. The maximum atomic E-state index is 12.7. The molecule has 4 heterocycles. The van der Waals surface area contributed by atoms with Crippen molar-refractivity contribution in [3.63, 3.8) is 0 Å². The Labute approximate surface area is 146 Å². The first-order valence-electron chi connectivity index (χ1n) is 8.83. The molecule has 1 aromatic heterocycles. The highest BCUT2D eigenvalue weighted by molar-refractivity contribution is 5.93. The molecule has 7 heteroatoms. The molecule has 3 aliphatic rings. The molecular weight excluding hydrogens is 318 g/mol. The number of anilines is 1. The van der Waals surface area contributed by atoms with Crippen LogP contribution in [0.2, 0.25) is 0 Å². The maximum Gasteiger partial charge on any atom is 0.229 e. The van der Waals surface area contributed by atoms with E-state index in [1.165, 1.54) is 0 Å². The molecule has 0 radical (unpaired) electrons. The molecule has 0 spiro atoms.